The second-order valence-electron chi connectivity index (χ2n) is 7.49. The Hall–Kier alpha value is -2.05. The minimum Gasteiger partial charge on any atom is -0.480 e. The smallest absolute Gasteiger partial charge is 0.408 e. The van der Waals surface area contributed by atoms with Crippen molar-refractivity contribution in [1.82, 2.24) is 10.2 Å². The Bertz CT molecular complexity index is 564. The first-order chi connectivity index (χ1) is 11.1. The number of allylic oxidation sites excluding steroid dienone is 1. The van der Waals surface area contributed by atoms with Gasteiger partial charge in [-0.05, 0) is 53.4 Å². The normalized spacial score (nSPS) is 29.8. The van der Waals surface area contributed by atoms with E-state index in [1.54, 1.807) is 20.8 Å². The Morgan fingerprint density at radius 1 is 1.29 bits per heavy atom. The molecule has 0 bridgehead atoms. The number of carbonyl (C=O) groups excluding carboxylic acids is 2. The topological polar surface area (TPSA) is 95.9 Å². The van der Waals surface area contributed by atoms with Gasteiger partial charge in [0.15, 0.2) is 0 Å². The summed E-state index contributed by atoms with van der Waals surface area (Å²) in [4.78, 5) is 37.8. The molecule has 0 radical (unpaired) electrons. The monoisotopic (exact) mass is 338 g/mol. The van der Waals surface area contributed by atoms with E-state index in [9.17, 15) is 19.5 Å². The molecule has 24 heavy (non-hydrogen) atoms. The summed E-state index contributed by atoms with van der Waals surface area (Å²) < 4.78 is 5.22. The summed E-state index contributed by atoms with van der Waals surface area (Å²) in [6, 6.07) is -1.83. The molecule has 2 aliphatic rings. The highest BCUT2D eigenvalue weighted by molar-refractivity contribution is 5.90. The molecule has 0 aromatic carbocycles. The Morgan fingerprint density at radius 2 is 1.96 bits per heavy atom. The number of amides is 2. The van der Waals surface area contributed by atoms with Crippen molar-refractivity contribution in [1.29, 1.82) is 0 Å². The molecule has 1 saturated heterocycles. The van der Waals surface area contributed by atoms with Gasteiger partial charge in [0, 0.05) is 0 Å². The molecular weight excluding hydrogens is 312 g/mol. The van der Waals surface area contributed by atoms with E-state index < -0.39 is 29.7 Å². The maximum Gasteiger partial charge on any atom is 0.408 e. The molecule has 0 aliphatic carbocycles. The fourth-order valence-corrected chi connectivity index (χ4v) is 3.23. The maximum absolute atomic E-state index is 12.9. The highest BCUT2D eigenvalue weighted by Gasteiger charge is 2.43. The third-order valence-electron chi connectivity index (χ3n) is 4.26. The van der Waals surface area contributed by atoms with Gasteiger partial charge in [-0.15, -0.1) is 0 Å². The van der Waals surface area contributed by atoms with Gasteiger partial charge in [-0.25, -0.2) is 9.59 Å². The second kappa shape index (κ2) is 6.83. The van der Waals surface area contributed by atoms with Crippen LogP contribution in [0.15, 0.2) is 11.6 Å². The number of fused-ring (bicyclic) bond motifs is 1. The average Bonchev–Trinajstić information content (AvgIpc) is 2.82. The summed E-state index contributed by atoms with van der Waals surface area (Å²) in [5.74, 6) is -1.35. The molecule has 7 nitrogen and oxygen atoms in total. The highest BCUT2D eigenvalue weighted by Crippen LogP contribution is 2.30. The Balaban J connectivity index is 2.20. The first-order valence-electron chi connectivity index (χ1n) is 8.30. The van der Waals surface area contributed by atoms with Crippen LogP contribution in [0, 0.1) is 0 Å². The number of rotatable bonds is 2. The molecule has 0 unspecified atom stereocenters. The van der Waals surface area contributed by atoms with Gasteiger partial charge < -0.3 is 20.1 Å². The Morgan fingerprint density at radius 3 is 2.54 bits per heavy atom. The molecule has 0 aromatic rings. The van der Waals surface area contributed by atoms with E-state index in [4.69, 9.17) is 4.74 Å². The van der Waals surface area contributed by atoms with E-state index in [0.717, 1.165) is 5.57 Å². The number of nitrogens with zero attached hydrogens (tertiary/aromatic N) is 1. The van der Waals surface area contributed by atoms with Crippen LogP contribution >= 0.6 is 0 Å². The van der Waals surface area contributed by atoms with Gasteiger partial charge in [0.25, 0.3) is 0 Å². The van der Waals surface area contributed by atoms with Crippen LogP contribution in [0.2, 0.25) is 0 Å². The van der Waals surface area contributed by atoms with E-state index in [1.165, 1.54) is 4.90 Å². The molecule has 134 valence electrons. The quantitative estimate of drug-likeness (QED) is 0.751. The van der Waals surface area contributed by atoms with E-state index in [2.05, 4.69) is 5.32 Å². The number of hydrogen-bond acceptors (Lipinski definition) is 4. The summed E-state index contributed by atoms with van der Waals surface area (Å²) in [5, 5.41) is 12.0. The van der Waals surface area contributed by atoms with Crippen molar-refractivity contribution in [3.63, 3.8) is 0 Å². The van der Waals surface area contributed by atoms with Crippen molar-refractivity contribution in [3.05, 3.63) is 11.6 Å². The lowest BCUT2D eigenvalue weighted by Crippen LogP contribution is -2.55. The van der Waals surface area contributed by atoms with Crippen LogP contribution < -0.4 is 5.32 Å². The van der Waals surface area contributed by atoms with Gasteiger partial charge in [0.2, 0.25) is 5.91 Å². The molecule has 0 spiro atoms. The number of ether oxygens (including phenoxy) is 1. The van der Waals surface area contributed by atoms with Gasteiger partial charge in [0.05, 0.1) is 6.04 Å². The molecule has 0 aromatic heterocycles. The van der Waals surface area contributed by atoms with E-state index in [1.807, 2.05) is 13.0 Å². The number of nitrogens with one attached hydrogen (secondary N) is 1. The van der Waals surface area contributed by atoms with Crippen LogP contribution in [0.25, 0.3) is 0 Å². The van der Waals surface area contributed by atoms with Crippen molar-refractivity contribution >= 4 is 18.0 Å². The van der Waals surface area contributed by atoms with Gasteiger partial charge >= 0.3 is 12.1 Å². The fraction of sp³-hybridized carbons (Fsp3) is 0.706. The van der Waals surface area contributed by atoms with Crippen LogP contribution in [-0.4, -0.2) is 51.7 Å². The predicted molar refractivity (Wildman–Crippen MR) is 87.4 cm³/mol. The second-order valence-corrected chi connectivity index (χ2v) is 7.49. The third kappa shape index (κ3) is 4.27. The summed E-state index contributed by atoms with van der Waals surface area (Å²) >= 11 is 0. The molecule has 2 N–H and O–H groups in total. The van der Waals surface area contributed by atoms with Crippen LogP contribution in [0.1, 0.15) is 53.4 Å². The van der Waals surface area contributed by atoms with E-state index in [-0.39, 0.29) is 11.9 Å². The summed E-state index contributed by atoms with van der Waals surface area (Å²) in [6.45, 7) is 7.20. The highest BCUT2D eigenvalue weighted by atomic mass is 16.6. The molecule has 7 heteroatoms. The Labute approximate surface area is 142 Å². The van der Waals surface area contributed by atoms with Gasteiger partial charge in [-0.1, -0.05) is 11.6 Å². The van der Waals surface area contributed by atoms with Crippen molar-refractivity contribution in [2.45, 2.75) is 77.1 Å². The first-order valence-corrected chi connectivity index (χ1v) is 8.30. The van der Waals surface area contributed by atoms with Crippen molar-refractivity contribution < 1.29 is 24.2 Å². The molecule has 3 atom stereocenters. The minimum atomic E-state index is -1.01. The lowest BCUT2D eigenvalue weighted by Gasteiger charge is -2.33. The number of carboxylic acid groups (broad SMARTS) is 1. The zero-order valence-electron chi connectivity index (χ0n) is 14.7. The van der Waals surface area contributed by atoms with Crippen LogP contribution in [-0.2, 0) is 14.3 Å². The van der Waals surface area contributed by atoms with Gasteiger partial charge in [-0.2, -0.15) is 0 Å². The van der Waals surface area contributed by atoms with Crippen molar-refractivity contribution in [2.75, 3.05) is 0 Å². The fourth-order valence-electron chi connectivity index (χ4n) is 3.23. The van der Waals surface area contributed by atoms with Gasteiger partial charge in [0.1, 0.15) is 17.7 Å². The predicted octanol–water partition coefficient (Wildman–Crippen LogP) is 2.06. The summed E-state index contributed by atoms with van der Waals surface area (Å²) in [5.41, 5.74) is 0.434. The summed E-state index contributed by atoms with van der Waals surface area (Å²) in [7, 11) is 0. The van der Waals surface area contributed by atoms with Crippen molar-refractivity contribution in [2.24, 2.45) is 0 Å². The Kier molecular flexibility index (Phi) is 5.20. The minimum absolute atomic E-state index is 0.221. The SMILES string of the molecule is C/C1=C/[C@H]2CC[C@@H](C(=O)O)N2C(=O)[C@@H](NC(=O)OC(C)(C)C)CC1. The van der Waals surface area contributed by atoms with Crippen LogP contribution in [0.5, 0.6) is 0 Å². The third-order valence-corrected chi connectivity index (χ3v) is 4.26. The number of hydrogen-bond donors (Lipinski definition) is 2. The van der Waals surface area contributed by atoms with Crippen molar-refractivity contribution in [3.8, 4) is 0 Å². The molecular formula is C17H26N2O5. The van der Waals surface area contributed by atoms with E-state index >= 15 is 0 Å². The standard InChI is InChI=1S/C17H26N2O5/c1-10-5-7-12(18-16(23)24-17(2,3)4)14(20)19-11(9-10)6-8-13(19)15(21)22/h9,11-13H,5-8H2,1-4H3,(H,18,23)(H,21,22)/b10-9-/t11-,12+,13+/m1/s1. The van der Waals surface area contributed by atoms with Crippen LogP contribution in [0.4, 0.5) is 4.79 Å². The summed E-state index contributed by atoms with van der Waals surface area (Å²) in [6.07, 6.45) is 3.47. The maximum atomic E-state index is 12.9. The molecule has 1 fully saturated rings. The average molecular weight is 338 g/mol. The van der Waals surface area contributed by atoms with Gasteiger partial charge in [-0.3, -0.25) is 4.79 Å². The number of aliphatic carboxylic acids is 1. The molecule has 2 aliphatic heterocycles. The molecule has 2 rings (SSSR count). The zero-order valence-corrected chi connectivity index (χ0v) is 14.7. The first kappa shape index (κ1) is 18.3. The lowest BCUT2D eigenvalue weighted by atomic mass is 9.99. The number of carboxylic acids is 1. The van der Waals surface area contributed by atoms with E-state index in [0.29, 0.717) is 25.7 Å². The molecule has 2 amide bonds. The zero-order chi connectivity index (χ0) is 18.1. The number of carbonyl (C=O) groups is 3. The lowest BCUT2D eigenvalue weighted by molar-refractivity contribution is -0.150. The largest absolute Gasteiger partial charge is 0.480 e. The number of alkyl carbamates (subject to hydrolysis) is 1. The molecule has 0 saturated carbocycles. The molecule has 2 heterocycles. The van der Waals surface area contributed by atoms with Crippen LogP contribution in [0.3, 0.4) is 0 Å².